The molecule has 3 aromatic rings. The summed E-state index contributed by atoms with van der Waals surface area (Å²) in [5.41, 5.74) is 3.98. The number of carbonyl (C=O) groups is 2. The standard InChI is InChI=1S/C31H36N4O2/c36-29(33-21-17-27(18-22-33)31(37)34-19-9-1-2-10-20-34)16-15-28-24-35(23-25-11-5-3-6-12-25)32-30(28)26-13-7-4-8-14-26/h3-8,11-16,24,27H,1-2,9-10,17-23H2/b16-15+. The summed E-state index contributed by atoms with van der Waals surface area (Å²) in [7, 11) is 0. The zero-order chi connectivity index (χ0) is 25.5. The van der Waals surface area contributed by atoms with Crippen molar-refractivity contribution in [3.8, 4) is 11.3 Å². The molecule has 2 saturated heterocycles. The Hall–Kier alpha value is -3.67. The summed E-state index contributed by atoms with van der Waals surface area (Å²) in [5, 5.41) is 4.84. The number of aromatic nitrogens is 2. The van der Waals surface area contributed by atoms with Crippen molar-refractivity contribution in [1.82, 2.24) is 19.6 Å². The van der Waals surface area contributed by atoms with Crippen LogP contribution in [0.15, 0.2) is 72.9 Å². The van der Waals surface area contributed by atoms with E-state index >= 15 is 0 Å². The lowest BCUT2D eigenvalue weighted by Crippen LogP contribution is -2.44. The third kappa shape index (κ3) is 6.37. The van der Waals surface area contributed by atoms with E-state index in [-0.39, 0.29) is 11.8 Å². The molecule has 0 radical (unpaired) electrons. The Morgan fingerprint density at radius 1 is 0.811 bits per heavy atom. The average molecular weight is 497 g/mol. The van der Waals surface area contributed by atoms with E-state index in [1.54, 1.807) is 6.08 Å². The first-order valence-electron chi connectivity index (χ1n) is 13.6. The zero-order valence-electron chi connectivity index (χ0n) is 21.5. The second-order valence-corrected chi connectivity index (χ2v) is 10.2. The summed E-state index contributed by atoms with van der Waals surface area (Å²) in [5.74, 6) is 0.338. The van der Waals surface area contributed by atoms with Crippen LogP contribution in [0.1, 0.15) is 49.7 Å². The molecule has 0 atom stereocenters. The van der Waals surface area contributed by atoms with Crippen LogP contribution in [0.5, 0.6) is 0 Å². The van der Waals surface area contributed by atoms with Gasteiger partial charge in [-0.25, -0.2) is 0 Å². The number of rotatable bonds is 6. The van der Waals surface area contributed by atoms with E-state index < -0.39 is 0 Å². The number of benzene rings is 2. The monoisotopic (exact) mass is 496 g/mol. The predicted molar refractivity (Wildman–Crippen MR) is 147 cm³/mol. The highest BCUT2D eigenvalue weighted by Gasteiger charge is 2.30. The minimum absolute atomic E-state index is 0.00417. The van der Waals surface area contributed by atoms with Gasteiger partial charge in [0.25, 0.3) is 0 Å². The molecule has 6 heteroatoms. The molecule has 2 aromatic carbocycles. The van der Waals surface area contributed by atoms with Crippen LogP contribution in [-0.2, 0) is 16.1 Å². The third-order valence-corrected chi connectivity index (χ3v) is 7.50. The van der Waals surface area contributed by atoms with Crippen molar-refractivity contribution >= 4 is 17.9 Å². The van der Waals surface area contributed by atoms with E-state index in [0.29, 0.717) is 25.5 Å². The molecule has 0 unspecified atom stereocenters. The van der Waals surface area contributed by atoms with Crippen molar-refractivity contribution in [1.29, 1.82) is 0 Å². The van der Waals surface area contributed by atoms with E-state index in [9.17, 15) is 9.59 Å². The highest BCUT2D eigenvalue weighted by atomic mass is 16.2. The van der Waals surface area contributed by atoms with Gasteiger partial charge >= 0.3 is 0 Å². The van der Waals surface area contributed by atoms with Crippen molar-refractivity contribution in [3.05, 3.63) is 84.1 Å². The molecule has 2 aliphatic heterocycles. The summed E-state index contributed by atoms with van der Waals surface area (Å²) in [6, 6.07) is 20.3. The van der Waals surface area contributed by atoms with Gasteiger partial charge in [-0.1, -0.05) is 73.5 Å². The second kappa shape index (κ2) is 12.0. The predicted octanol–water partition coefficient (Wildman–Crippen LogP) is 5.25. The summed E-state index contributed by atoms with van der Waals surface area (Å²) in [6.45, 7) is 3.71. The SMILES string of the molecule is O=C(/C=C/c1cn(Cc2ccccc2)nc1-c1ccccc1)N1CCC(C(=O)N2CCCCCC2)CC1. The lowest BCUT2D eigenvalue weighted by molar-refractivity contribution is -0.139. The Kier molecular flexibility index (Phi) is 8.14. The average Bonchev–Trinajstić information content (AvgIpc) is 3.15. The number of hydrogen-bond donors (Lipinski definition) is 0. The van der Waals surface area contributed by atoms with E-state index in [4.69, 9.17) is 5.10 Å². The van der Waals surface area contributed by atoms with E-state index in [0.717, 1.165) is 55.6 Å². The first-order chi connectivity index (χ1) is 18.2. The summed E-state index contributed by atoms with van der Waals surface area (Å²) in [6.07, 6.45) is 11.7. The Balaban J connectivity index is 1.24. The maximum Gasteiger partial charge on any atom is 0.246 e. The molecule has 6 nitrogen and oxygen atoms in total. The highest BCUT2D eigenvalue weighted by Crippen LogP contribution is 2.25. The number of piperidine rings is 1. The van der Waals surface area contributed by atoms with E-state index in [1.165, 1.54) is 18.4 Å². The van der Waals surface area contributed by atoms with Gasteiger partial charge in [0, 0.05) is 55.5 Å². The van der Waals surface area contributed by atoms with Crippen molar-refractivity contribution < 1.29 is 9.59 Å². The highest BCUT2D eigenvalue weighted by molar-refractivity contribution is 5.93. The first kappa shape index (κ1) is 25.0. The van der Waals surface area contributed by atoms with Gasteiger partial charge < -0.3 is 9.80 Å². The minimum atomic E-state index is -0.00417. The molecule has 0 N–H and O–H groups in total. The van der Waals surface area contributed by atoms with Gasteiger partial charge in [-0.15, -0.1) is 0 Å². The van der Waals surface area contributed by atoms with Crippen LogP contribution < -0.4 is 0 Å². The fourth-order valence-electron chi connectivity index (χ4n) is 5.39. The zero-order valence-corrected chi connectivity index (χ0v) is 21.5. The van der Waals surface area contributed by atoms with Crippen LogP contribution in [0.3, 0.4) is 0 Å². The molecule has 0 saturated carbocycles. The maximum absolute atomic E-state index is 13.1. The van der Waals surface area contributed by atoms with Gasteiger partial charge in [-0.3, -0.25) is 14.3 Å². The summed E-state index contributed by atoms with van der Waals surface area (Å²) < 4.78 is 1.93. The van der Waals surface area contributed by atoms with Gasteiger partial charge in [-0.05, 0) is 37.3 Å². The molecule has 0 spiro atoms. The Morgan fingerprint density at radius 2 is 1.46 bits per heavy atom. The first-order valence-corrected chi connectivity index (χ1v) is 13.6. The van der Waals surface area contributed by atoms with Crippen LogP contribution in [0.25, 0.3) is 17.3 Å². The molecule has 37 heavy (non-hydrogen) atoms. The van der Waals surface area contributed by atoms with Crippen molar-refractivity contribution in [2.75, 3.05) is 26.2 Å². The molecule has 3 heterocycles. The Bertz CT molecular complexity index is 1200. The Morgan fingerprint density at radius 3 is 2.14 bits per heavy atom. The smallest absolute Gasteiger partial charge is 0.246 e. The molecule has 192 valence electrons. The quantitative estimate of drug-likeness (QED) is 0.438. The molecule has 1 aromatic heterocycles. The van der Waals surface area contributed by atoms with E-state index in [2.05, 4.69) is 17.0 Å². The normalized spacial score (nSPS) is 17.2. The Labute approximate surface area is 219 Å². The number of likely N-dealkylation sites (tertiary alicyclic amines) is 2. The number of hydrogen-bond acceptors (Lipinski definition) is 3. The van der Waals surface area contributed by atoms with Gasteiger partial charge in [0.15, 0.2) is 0 Å². The summed E-state index contributed by atoms with van der Waals surface area (Å²) in [4.78, 5) is 30.0. The lowest BCUT2D eigenvalue weighted by atomic mass is 9.95. The molecule has 5 rings (SSSR count). The summed E-state index contributed by atoms with van der Waals surface area (Å²) >= 11 is 0. The maximum atomic E-state index is 13.1. The lowest BCUT2D eigenvalue weighted by Gasteiger charge is -2.33. The van der Waals surface area contributed by atoms with Gasteiger partial charge in [0.2, 0.25) is 11.8 Å². The fraction of sp³-hybridized carbons (Fsp3) is 0.387. The van der Waals surface area contributed by atoms with Crippen LogP contribution in [0, 0.1) is 5.92 Å². The molecule has 2 fully saturated rings. The van der Waals surface area contributed by atoms with Crippen LogP contribution in [0.2, 0.25) is 0 Å². The van der Waals surface area contributed by atoms with E-state index in [1.807, 2.05) is 70.4 Å². The molecule has 0 aliphatic carbocycles. The van der Waals surface area contributed by atoms with Gasteiger partial charge in [-0.2, -0.15) is 5.10 Å². The number of amides is 2. The third-order valence-electron chi connectivity index (χ3n) is 7.50. The molecular weight excluding hydrogens is 460 g/mol. The fourth-order valence-corrected chi connectivity index (χ4v) is 5.39. The van der Waals surface area contributed by atoms with Gasteiger partial charge in [0.1, 0.15) is 0 Å². The number of carbonyl (C=O) groups excluding carboxylic acids is 2. The largest absolute Gasteiger partial charge is 0.342 e. The van der Waals surface area contributed by atoms with Crippen molar-refractivity contribution in [2.45, 2.75) is 45.1 Å². The molecule has 2 aliphatic rings. The number of nitrogens with zero attached hydrogens (tertiary/aromatic N) is 4. The van der Waals surface area contributed by atoms with Crippen molar-refractivity contribution in [2.24, 2.45) is 5.92 Å². The minimum Gasteiger partial charge on any atom is -0.342 e. The second-order valence-electron chi connectivity index (χ2n) is 10.2. The van der Waals surface area contributed by atoms with Crippen LogP contribution in [0.4, 0.5) is 0 Å². The topological polar surface area (TPSA) is 58.4 Å². The van der Waals surface area contributed by atoms with Crippen molar-refractivity contribution in [3.63, 3.8) is 0 Å². The molecule has 2 amide bonds. The van der Waals surface area contributed by atoms with Crippen LogP contribution >= 0.6 is 0 Å². The molecular formula is C31H36N4O2. The van der Waals surface area contributed by atoms with Crippen LogP contribution in [-0.4, -0.2) is 57.6 Å². The van der Waals surface area contributed by atoms with Gasteiger partial charge in [0.05, 0.1) is 12.2 Å². The molecule has 0 bridgehead atoms.